The molecule has 0 radical (unpaired) electrons. The van der Waals surface area contributed by atoms with E-state index in [4.69, 9.17) is 21.1 Å². The molecular weight excluding hydrogens is 230 g/mol. The van der Waals surface area contributed by atoms with E-state index in [0.717, 1.165) is 5.69 Å². The predicted octanol–water partition coefficient (Wildman–Crippen LogP) is 1.68. The highest BCUT2D eigenvalue weighted by molar-refractivity contribution is 6.18. The summed E-state index contributed by atoms with van der Waals surface area (Å²) in [5.41, 5.74) is 0.873. The number of methoxy groups -OCH3 is 1. The number of benzene rings is 1. The van der Waals surface area contributed by atoms with Crippen molar-refractivity contribution in [2.45, 2.75) is 6.10 Å². The first-order valence-electron chi connectivity index (χ1n) is 4.96. The molecule has 4 nitrogen and oxygen atoms in total. The summed E-state index contributed by atoms with van der Waals surface area (Å²) in [4.78, 5) is 0. The number of ether oxygens (including phenoxy) is 2. The predicted molar refractivity (Wildman–Crippen MR) is 64.2 cm³/mol. The monoisotopic (exact) mass is 245 g/mol. The average Bonchev–Trinajstić information content (AvgIpc) is 2.34. The summed E-state index contributed by atoms with van der Waals surface area (Å²) >= 11 is 5.49. The van der Waals surface area contributed by atoms with E-state index in [9.17, 15) is 5.11 Å². The number of hydrogen-bond acceptors (Lipinski definition) is 4. The van der Waals surface area contributed by atoms with E-state index in [-0.39, 0.29) is 12.7 Å². The van der Waals surface area contributed by atoms with Gasteiger partial charge in [0.05, 0.1) is 12.0 Å². The molecule has 1 rings (SSSR count). The fraction of sp³-hybridized carbons (Fsp3) is 0.455. The molecule has 0 fully saturated rings. The molecule has 0 heterocycles. The van der Waals surface area contributed by atoms with Gasteiger partial charge in [-0.15, -0.1) is 11.6 Å². The van der Waals surface area contributed by atoms with Crippen molar-refractivity contribution in [1.82, 2.24) is 0 Å². The minimum absolute atomic E-state index is 0.215. The summed E-state index contributed by atoms with van der Waals surface area (Å²) in [7, 11) is 1.57. The molecule has 0 bridgehead atoms. The lowest BCUT2D eigenvalue weighted by molar-refractivity contribution is 0.0512. The Labute approximate surface area is 100 Å². The molecule has 2 N–H and O–H groups in total. The normalized spacial score (nSPS) is 12.2. The van der Waals surface area contributed by atoms with Crippen LogP contribution in [0.15, 0.2) is 24.3 Å². The maximum Gasteiger partial charge on any atom is 0.188 e. The van der Waals surface area contributed by atoms with Gasteiger partial charge in [0.1, 0.15) is 5.75 Å². The van der Waals surface area contributed by atoms with Gasteiger partial charge in [0.2, 0.25) is 0 Å². The van der Waals surface area contributed by atoms with Gasteiger partial charge in [-0.1, -0.05) is 6.07 Å². The van der Waals surface area contributed by atoms with Gasteiger partial charge in [-0.05, 0) is 12.1 Å². The topological polar surface area (TPSA) is 50.7 Å². The summed E-state index contributed by atoms with van der Waals surface area (Å²) in [6, 6.07) is 7.42. The molecule has 0 aliphatic heterocycles. The second-order valence-corrected chi connectivity index (χ2v) is 3.58. The van der Waals surface area contributed by atoms with E-state index < -0.39 is 6.10 Å². The lowest BCUT2D eigenvalue weighted by atomic mass is 10.3. The molecule has 0 aliphatic carbocycles. The zero-order valence-corrected chi connectivity index (χ0v) is 9.91. The average molecular weight is 246 g/mol. The van der Waals surface area contributed by atoms with Crippen LogP contribution in [-0.4, -0.2) is 37.5 Å². The molecule has 5 heteroatoms. The second kappa shape index (κ2) is 7.33. The van der Waals surface area contributed by atoms with Crippen LogP contribution >= 0.6 is 11.6 Å². The standard InChI is InChI=1S/C11H16ClNO3/c1-15-8-16-11-4-2-3-9(5-11)13-7-10(14)6-12/h2-5,10,13-14H,6-8H2,1H3. The van der Waals surface area contributed by atoms with Crippen molar-refractivity contribution < 1.29 is 14.6 Å². The summed E-state index contributed by atoms with van der Waals surface area (Å²) in [5, 5.41) is 12.3. The van der Waals surface area contributed by atoms with E-state index in [1.807, 2.05) is 24.3 Å². The number of rotatable bonds is 7. The van der Waals surface area contributed by atoms with Crippen LogP contribution < -0.4 is 10.1 Å². The highest BCUT2D eigenvalue weighted by Crippen LogP contribution is 2.17. The van der Waals surface area contributed by atoms with E-state index >= 15 is 0 Å². The Bertz CT molecular complexity index is 309. The first-order chi connectivity index (χ1) is 7.76. The van der Waals surface area contributed by atoms with Gasteiger partial charge in [-0.25, -0.2) is 0 Å². The van der Waals surface area contributed by atoms with Crippen molar-refractivity contribution in [3.8, 4) is 5.75 Å². The van der Waals surface area contributed by atoms with Crippen LogP contribution in [0.25, 0.3) is 0 Å². The quantitative estimate of drug-likeness (QED) is 0.567. The summed E-state index contributed by atoms with van der Waals surface area (Å²) < 4.78 is 10.1. The van der Waals surface area contributed by atoms with E-state index in [1.165, 1.54) is 0 Å². The Kier molecular flexibility index (Phi) is 6.00. The van der Waals surface area contributed by atoms with Crippen molar-refractivity contribution in [2.75, 3.05) is 31.6 Å². The SMILES string of the molecule is COCOc1cccc(NCC(O)CCl)c1. The smallest absolute Gasteiger partial charge is 0.188 e. The minimum Gasteiger partial charge on any atom is -0.467 e. The van der Waals surface area contributed by atoms with Crippen LogP contribution in [-0.2, 0) is 4.74 Å². The third-order valence-corrected chi connectivity index (χ3v) is 2.25. The maximum atomic E-state index is 9.28. The number of aliphatic hydroxyl groups is 1. The third-order valence-electron chi connectivity index (χ3n) is 1.90. The largest absolute Gasteiger partial charge is 0.467 e. The molecule has 0 spiro atoms. The Morgan fingerprint density at radius 2 is 2.31 bits per heavy atom. The van der Waals surface area contributed by atoms with Gasteiger partial charge in [0, 0.05) is 25.4 Å². The minimum atomic E-state index is -0.551. The number of halogens is 1. The molecule has 0 saturated carbocycles. The Balaban J connectivity index is 2.46. The van der Waals surface area contributed by atoms with Gasteiger partial charge in [-0.2, -0.15) is 0 Å². The van der Waals surface area contributed by atoms with E-state index in [2.05, 4.69) is 5.32 Å². The van der Waals surface area contributed by atoms with Crippen LogP contribution in [0, 0.1) is 0 Å². The lowest BCUT2D eigenvalue weighted by Crippen LogP contribution is -2.20. The number of hydrogen-bond donors (Lipinski definition) is 2. The van der Waals surface area contributed by atoms with Crippen molar-refractivity contribution >= 4 is 17.3 Å². The molecule has 0 aliphatic rings. The zero-order valence-electron chi connectivity index (χ0n) is 9.15. The fourth-order valence-corrected chi connectivity index (χ4v) is 1.22. The molecule has 90 valence electrons. The second-order valence-electron chi connectivity index (χ2n) is 3.27. The van der Waals surface area contributed by atoms with Crippen molar-refractivity contribution in [1.29, 1.82) is 0 Å². The maximum absolute atomic E-state index is 9.28. The van der Waals surface area contributed by atoms with E-state index in [1.54, 1.807) is 7.11 Å². The first kappa shape index (κ1) is 13.1. The zero-order chi connectivity index (χ0) is 11.8. The van der Waals surface area contributed by atoms with Crippen molar-refractivity contribution in [3.63, 3.8) is 0 Å². The van der Waals surface area contributed by atoms with Crippen molar-refractivity contribution in [2.24, 2.45) is 0 Å². The molecule has 1 aromatic rings. The highest BCUT2D eigenvalue weighted by atomic mass is 35.5. The Morgan fingerprint density at radius 3 is 3.00 bits per heavy atom. The van der Waals surface area contributed by atoms with Gasteiger partial charge in [0.25, 0.3) is 0 Å². The van der Waals surface area contributed by atoms with Gasteiger partial charge >= 0.3 is 0 Å². The number of nitrogens with one attached hydrogen (secondary N) is 1. The summed E-state index contributed by atoms with van der Waals surface area (Å²) in [6.45, 7) is 0.630. The molecule has 0 amide bonds. The molecular formula is C11H16ClNO3. The lowest BCUT2D eigenvalue weighted by Gasteiger charge is -2.11. The molecule has 16 heavy (non-hydrogen) atoms. The highest BCUT2D eigenvalue weighted by Gasteiger charge is 2.02. The molecule has 1 atom stereocenters. The van der Waals surface area contributed by atoms with Gasteiger partial charge < -0.3 is 19.9 Å². The van der Waals surface area contributed by atoms with Gasteiger partial charge in [-0.3, -0.25) is 0 Å². The third kappa shape index (κ3) is 4.70. The molecule has 0 aromatic heterocycles. The fourth-order valence-electron chi connectivity index (χ4n) is 1.11. The first-order valence-corrected chi connectivity index (χ1v) is 5.49. The summed E-state index contributed by atoms with van der Waals surface area (Å²) in [6.07, 6.45) is -0.551. The van der Waals surface area contributed by atoms with Crippen LogP contribution in [0.4, 0.5) is 5.69 Å². The van der Waals surface area contributed by atoms with Crippen LogP contribution in [0.1, 0.15) is 0 Å². The molecule has 1 unspecified atom stereocenters. The van der Waals surface area contributed by atoms with E-state index in [0.29, 0.717) is 12.3 Å². The Morgan fingerprint density at radius 1 is 1.50 bits per heavy atom. The number of anilines is 1. The molecule has 1 aromatic carbocycles. The Hall–Kier alpha value is -0.970. The van der Waals surface area contributed by atoms with Gasteiger partial charge in [0.15, 0.2) is 6.79 Å². The number of aliphatic hydroxyl groups excluding tert-OH is 1. The number of alkyl halides is 1. The van der Waals surface area contributed by atoms with Crippen LogP contribution in [0.2, 0.25) is 0 Å². The van der Waals surface area contributed by atoms with Crippen LogP contribution in [0.3, 0.4) is 0 Å². The van der Waals surface area contributed by atoms with Crippen molar-refractivity contribution in [3.05, 3.63) is 24.3 Å². The summed E-state index contributed by atoms with van der Waals surface area (Å²) in [5.74, 6) is 0.930. The molecule has 0 saturated heterocycles. The van der Waals surface area contributed by atoms with Crippen LogP contribution in [0.5, 0.6) is 5.75 Å².